The molecule has 2 rings (SSSR count). The van der Waals surface area contributed by atoms with Crippen LogP contribution >= 0.6 is 33.9 Å². The number of benzene rings is 1. The van der Waals surface area contributed by atoms with Gasteiger partial charge in [-0.1, -0.05) is 23.2 Å². The molecule has 0 amide bonds. The van der Waals surface area contributed by atoms with Crippen LogP contribution in [0.15, 0.2) is 35.4 Å². The van der Waals surface area contributed by atoms with Gasteiger partial charge in [-0.25, -0.2) is 13.4 Å². The molecule has 23 heavy (non-hydrogen) atoms. The van der Waals surface area contributed by atoms with Crippen LogP contribution in [-0.4, -0.2) is 13.4 Å². The number of rotatable bonds is 3. The average molecular weight is 407 g/mol. The van der Waals surface area contributed by atoms with Crippen molar-refractivity contribution in [3.05, 3.63) is 46.1 Å². The van der Waals surface area contributed by atoms with E-state index < -0.39 is 20.8 Å². The van der Waals surface area contributed by atoms with Crippen molar-refractivity contribution in [1.82, 2.24) is 4.98 Å². The number of hydrogen-bond acceptors (Lipinski definition) is 4. The van der Waals surface area contributed by atoms with E-state index in [0.29, 0.717) is 12.3 Å². The lowest BCUT2D eigenvalue weighted by atomic mass is 10.3. The van der Waals surface area contributed by atoms with Crippen LogP contribution in [0.3, 0.4) is 0 Å². The third-order valence-corrected chi connectivity index (χ3v) is 4.44. The van der Waals surface area contributed by atoms with Crippen molar-refractivity contribution in [2.24, 2.45) is 0 Å². The first-order chi connectivity index (χ1) is 10.5. The number of halogens is 6. The van der Waals surface area contributed by atoms with Gasteiger partial charge in [0.2, 0.25) is 5.88 Å². The summed E-state index contributed by atoms with van der Waals surface area (Å²) in [5, 5.41) is -0.519. The molecule has 0 saturated heterocycles. The molecule has 0 bridgehead atoms. The zero-order chi connectivity index (χ0) is 17.4. The van der Waals surface area contributed by atoms with Crippen molar-refractivity contribution < 1.29 is 26.3 Å². The van der Waals surface area contributed by atoms with Crippen LogP contribution in [0.25, 0.3) is 0 Å². The van der Waals surface area contributed by atoms with E-state index in [4.69, 9.17) is 38.6 Å². The summed E-state index contributed by atoms with van der Waals surface area (Å²) < 4.78 is 65.1. The summed E-state index contributed by atoms with van der Waals surface area (Å²) in [4.78, 5) is 3.21. The standard InChI is InChI=1S/C12H5Cl3F3NO3S/c13-8-4-7(23(15,20)21)1-2-10(8)22-11-9(14)3-6(5-19-11)12(16,17)18/h1-5H. The summed E-state index contributed by atoms with van der Waals surface area (Å²) in [6, 6.07) is 3.96. The maximum absolute atomic E-state index is 12.5. The van der Waals surface area contributed by atoms with Gasteiger partial charge in [0.1, 0.15) is 10.8 Å². The van der Waals surface area contributed by atoms with Crippen molar-refractivity contribution in [3.8, 4) is 11.6 Å². The van der Waals surface area contributed by atoms with Crippen molar-refractivity contribution in [2.75, 3.05) is 0 Å². The molecular weight excluding hydrogens is 402 g/mol. The Hall–Kier alpha value is -1.22. The molecule has 1 aromatic heterocycles. The molecule has 11 heteroatoms. The second kappa shape index (κ2) is 6.35. The van der Waals surface area contributed by atoms with E-state index in [9.17, 15) is 21.6 Å². The zero-order valence-electron chi connectivity index (χ0n) is 10.7. The Morgan fingerprint density at radius 3 is 2.22 bits per heavy atom. The van der Waals surface area contributed by atoms with Crippen molar-refractivity contribution in [1.29, 1.82) is 0 Å². The van der Waals surface area contributed by atoms with Crippen LogP contribution in [0.5, 0.6) is 11.6 Å². The van der Waals surface area contributed by atoms with Gasteiger partial charge >= 0.3 is 6.18 Å². The Kier molecular flexibility index (Phi) is 5.00. The van der Waals surface area contributed by atoms with E-state index in [1.807, 2.05) is 0 Å². The van der Waals surface area contributed by atoms with Gasteiger partial charge in [-0.3, -0.25) is 0 Å². The van der Waals surface area contributed by atoms with Crippen molar-refractivity contribution >= 4 is 42.9 Å². The SMILES string of the molecule is O=S(=O)(Cl)c1ccc(Oc2ncc(C(F)(F)F)cc2Cl)c(Cl)c1. The number of nitrogens with zero attached hydrogens (tertiary/aromatic N) is 1. The molecule has 0 atom stereocenters. The summed E-state index contributed by atoms with van der Waals surface area (Å²) in [6.07, 6.45) is -4.05. The summed E-state index contributed by atoms with van der Waals surface area (Å²) >= 11 is 11.5. The van der Waals surface area contributed by atoms with Gasteiger partial charge in [0, 0.05) is 16.9 Å². The quantitative estimate of drug-likeness (QED) is 0.663. The monoisotopic (exact) mass is 405 g/mol. The second-order valence-corrected chi connectivity index (χ2v) is 7.52. The van der Waals surface area contributed by atoms with Gasteiger partial charge in [0.25, 0.3) is 9.05 Å². The van der Waals surface area contributed by atoms with E-state index in [0.717, 1.165) is 12.1 Å². The third-order valence-electron chi connectivity index (χ3n) is 2.53. The molecule has 2 aromatic rings. The average Bonchev–Trinajstić information content (AvgIpc) is 2.40. The summed E-state index contributed by atoms with van der Waals surface area (Å²) in [5.74, 6) is -0.368. The second-order valence-electron chi connectivity index (χ2n) is 4.14. The number of ether oxygens (including phenoxy) is 1. The minimum absolute atomic E-state index is 0.0510. The predicted molar refractivity (Wildman–Crippen MR) is 78.8 cm³/mol. The number of pyridine rings is 1. The minimum atomic E-state index is -4.59. The number of alkyl halides is 3. The highest BCUT2D eigenvalue weighted by Gasteiger charge is 2.31. The lowest BCUT2D eigenvalue weighted by molar-refractivity contribution is -0.137. The Labute approximate surface area is 143 Å². The van der Waals surface area contributed by atoms with Crippen LogP contribution < -0.4 is 4.74 Å². The third kappa shape index (κ3) is 4.41. The molecule has 0 aliphatic carbocycles. The van der Waals surface area contributed by atoms with Gasteiger partial charge < -0.3 is 4.74 Å². The molecular formula is C12H5Cl3F3NO3S. The molecule has 0 saturated carbocycles. The van der Waals surface area contributed by atoms with Gasteiger partial charge in [0.15, 0.2) is 0 Å². The normalized spacial score (nSPS) is 12.3. The number of aromatic nitrogens is 1. The largest absolute Gasteiger partial charge is 0.436 e. The summed E-state index contributed by atoms with van der Waals surface area (Å²) in [7, 11) is 1.18. The highest BCUT2D eigenvalue weighted by molar-refractivity contribution is 8.13. The van der Waals surface area contributed by atoms with Crippen LogP contribution in [0, 0.1) is 0 Å². The zero-order valence-corrected chi connectivity index (χ0v) is 13.8. The highest BCUT2D eigenvalue weighted by atomic mass is 35.7. The van der Waals surface area contributed by atoms with Crippen LogP contribution in [0.2, 0.25) is 10.0 Å². The molecule has 4 nitrogen and oxygen atoms in total. The first-order valence-corrected chi connectivity index (χ1v) is 8.70. The lowest BCUT2D eigenvalue weighted by Gasteiger charge is -2.11. The van der Waals surface area contributed by atoms with Gasteiger partial charge in [0.05, 0.1) is 15.5 Å². The topological polar surface area (TPSA) is 56.3 Å². The number of hydrogen-bond donors (Lipinski definition) is 0. The molecule has 1 heterocycles. The van der Waals surface area contributed by atoms with Crippen LogP contribution in [-0.2, 0) is 15.2 Å². The first kappa shape index (κ1) is 18.1. The molecule has 0 aliphatic rings. The van der Waals surface area contributed by atoms with E-state index in [1.165, 1.54) is 6.07 Å². The molecule has 124 valence electrons. The molecule has 0 radical (unpaired) electrons. The van der Waals surface area contributed by atoms with Crippen LogP contribution in [0.1, 0.15) is 5.56 Å². The molecule has 1 aromatic carbocycles. The molecule has 0 aliphatic heterocycles. The van der Waals surface area contributed by atoms with E-state index in [2.05, 4.69) is 4.98 Å². The smallest absolute Gasteiger partial charge is 0.417 e. The Balaban J connectivity index is 2.33. The summed E-state index contributed by atoms with van der Waals surface area (Å²) in [5.41, 5.74) is -1.04. The van der Waals surface area contributed by atoms with Gasteiger partial charge in [-0.05, 0) is 24.3 Å². The van der Waals surface area contributed by atoms with Gasteiger partial charge in [-0.15, -0.1) is 0 Å². The Morgan fingerprint density at radius 1 is 1.09 bits per heavy atom. The fourth-order valence-electron chi connectivity index (χ4n) is 1.48. The maximum Gasteiger partial charge on any atom is 0.417 e. The minimum Gasteiger partial charge on any atom is -0.436 e. The van der Waals surface area contributed by atoms with E-state index >= 15 is 0 Å². The summed E-state index contributed by atoms with van der Waals surface area (Å²) in [6.45, 7) is 0. The van der Waals surface area contributed by atoms with Gasteiger partial charge in [-0.2, -0.15) is 13.2 Å². The lowest BCUT2D eigenvalue weighted by Crippen LogP contribution is -2.05. The van der Waals surface area contributed by atoms with E-state index in [1.54, 1.807) is 0 Å². The fraction of sp³-hybridized carbons (Fsp3) is 0.0833. The molecule has 0 N–H and O–H groups in total. The van der Waals surface area contributed by atoms with Crippen molar-refractivity contribution in [3.63, 3.8) is 0 Å². The Morgan fingerprint density at radius 2 is 1.74 bits per heavy atom. The fourth-order valence-corrected chi connectivity index (χ4v) is 2.74. The predicted octanol–water partition coefficient (Wildman–Crippen LogP) is 5.13. The Bertz CT molecular complexity index is 856. The molecule has 0 fully saturated rings. The highest BCUT2D eigenvalue weighted by Crippen LogP contribution is 2.37. The maximum atomic E-state index is 12.5. The van der Waals surface area contributed by atoms with E-state index in [-0.39, 0.29) is 26.6 Å². The van der Waals surface area contributed by atoms with Crippen molar-refractivity contribution in [2.45, 2.75) is 11.1 Å². The molecule has 0 unspecified atom stereocenters. The molecule has 0 spiro atoms. The first-order valence-electron chi connectivity index (χ1n) is 5.63. The van der Waals surface area contributed by atoms with Crippen LogP contribution in [0.4, 0.5) is 13.2 Å².